The van der Waals surface area contributed by atoms with E-state index in [4.69, 9.17) is 5.26 Å². The normalized spacial score (nSPS) is 9.53. The van der Waals surface area contributed by atoms with Gasteiger partial charge in [0.1, 0.15) is 11.8 Å². The van der Waals surface area contributed by atoms with Crippen LogP contribution < -0.4 is 5.32 Å². The Hall–Kier alpha value is -2.49. The maximum absolute atomic E-state index is 8.63. The summed E-state index contributed by atoms with van der Waals surface area (Å²) in [5.41, 5.74) is 1.17. The molecule has 7 heteroatoms. The minimum Gasteiger partial charge on any atom is -0.377 e. The number of H-pyrrole nitrogens is 1. The third kappa shape index (κ3) is 2.25. The van der Waals surface area contributed by atoms with E-state index < -0.39 is 0 Å². The SMILES string of the molecule is N#Cc1cc(NCc2nn[nH]n2)ccn1. The average Bonchev–Trinajstić information content (AvgIpc) is 2.79. The summed E-state index contributed by atoms with van der Waals surface area (Å²) >= 11 is 0. The number of nitriles is 1. The first kappa shape index (κ1) is 9.08. The van der Waals surface area contributed by atoms with E-state index in [9.17, 15) is 0 Å². The first-order valence-electron chi connectivity index (χ1n) is 4.21. The minimum atomic E-state index is 0.369. The van der Waals surface area contributed by atoms with Crippen LogP contribution in [-0.2, 0) is 6.54 Å². The van der Waals surface area contributed by atoms with Gasteiger partial charge in [-0.2, -0.15) is 10.5 Å². The molecule has 0 radical (unpaired) electrons. The molecule has 0 aliphatic carbocycles. The Morgan fingerprint density at radius 3 is 3.20 bits per heavy atom. The van der Waals surface area contributed by atoms with Gasteiger partial charge < -0.3 is 5.32 Å². The van der Waals surface area contributed by atoms with Crippen LogP contribution in [0.25, 0.3) is 0 Å². The van der Waals surface area contributed by atoms with E-state index in [1.807, 2.05) is 6.07 Å². The molecule has 0 atom stereocenters. The van der Waals surface area contributed by atoms with Crippen molar-refractivity contribution in [3.05, 3.63) is 29.8 Å². The van der Waals surface area contributed by atoms with Gasteiger partial charge in [-0.3, -0.25) is 0 Å². The summed E-state index contributed by atoms with van der Waals surface area (Å²) in [6.45, 7) is 0.450. The summed E-state index contributed by atoms with van der Waals surface area (Å²) in [6.07, 6.45) is 1.57. The first-order valence-corrected chi connectivity index (χ1v) is 4.21. The first-order chi connectivity index (χ1) is 7.38. The lowest BCUT2D eigenvalue weighted by molar-refractivity contribution is 0.881. The standard InChI is InChI=1S/C8H7N7/c9-4-7-3-6(1-2-10-7)11-5-8-12-14-15-13-8/h1-3H,5H2,(H,10,11)(H,12,13,14,15). The molecule has 0 aliphatic heterocycles. The van der Waals surface area contributed by atoms with Gasteiger partial charge in [0.25, 0.3) is 0 Å². The largest absolute Gasteiger partial charge is 0.377 e. The van der Waals surface area contributed by atoms with Crippen molar-refractivity contribution < 1.29 is 0 Å². The Kier molecular flexibility index (Phi) is 2.51. The zero-order valence-electron chi connectivity index (χ0n) is 7.68. The second-order valence-corrected chi connectivity index (χ2v) is 2.72. The number of aromatic amines is 1. The van der Waals surface area contributed by atoms with E-state index in [1.54, 1.807) is 18.3 Å². The molecule has 74 valence electrons. The van der Waals surface area contributed by atoms with Gasteiger partial charge in [0, 0.05) is 11.9 Å². The molecule has 15 heavy (non-hydrogen) atoms. The molecule has 0 amide bonds. The molecular formula is C8H7N7. The number of nitrogens with one attached hydrogen (secondary N) is 2. The predicted octanol–water partition coefficient (Wildman–Crippen LogP) is 0.0785. The van der Waals surface area contributed by atoms with Crippen molar-refractivity contribution >= 4 is 5.69 Å². The summed E-state index contributed by atoms with van der Waals surface area (Å²) in [7, 11) is 0. The molecule has 2 N–H and O–H groups in total. The van der Waals surface area contributed by atoms with Gasteiger partial charge in [0.05, 0.1) is 6.54 Å². The fraction of sp³-hybridized carbons (Fsp3) is 0.125. The van der Waals surface area contributed by atoms with Crippen molar-refractivity contribution in [3.8, 4) is 6.07 Å². The summed E-state index contributed by atoms with van der Waals surface area (Å²) in [5, 5.41) is 25.0. The molecular weight excluding hydrogens is 194 g/mol. The zero-order chi connectivity index (χ0) is 10.5. The number of hydrogen-bond donors (Lipinski definition) is 2. The predicted molar refractivity (Wildman–Crippen MR) is 50.5 cm³/mol. The Morgan fingerprint density at radius 2 is 2.47 bits per heavy atom. The fourth-order valence-electron chi connectivity index (χ4n) is 1.04. The maximum Gasteiger partial charge on any atom is 0.193 e. The molecule has 2 heterocycles. The van der Waals surface area contributed by atoms with Gasteiger partial charge >= 0.3 is 0 Å². The fourth-order valence-corrected chi connectivity index (χ4v) is 1.04. The zero-order valence-corrected chi connectivity index (χ0v) is 7.68. The lowest BCUT2D eigenvalue weighted by atomic mass is 10.3. The van der Waals surface area contributed by atoms with Gasteiger partial charge in [0.2, 0.25) is 0 Å². The Labute approximate surface area is 85.2 Å². The summed E-state index contributed by atoms with van der Waals surface area (Å²) in [4.78, 5) is 3.85. The molecule has 2 aromatic rings. The second-order valence-electron chi connectivity index (χ2n) is 2.72. The van der Waals surface area contributed by atoms with Crippen molar-refractivity contribution in [2.75, 3.05) is 5.32 Å². The quantitative estimate of drug-likeness (QED) is 0.728. The van der Waals surface area contributed by atoms with E-state index in [-0.39, 0.29) is 0 Å². The van der Waals surface area contributed by atoms with Gasteiger partial charge in [0.15, 0.2) is 5.82 Å². The lowest BCUT2D eigenvalue weighted by Crippen LogP contribution is -2.01. The summed E-state index contributed by atoms with van der Waals surface area (Å²) in [5.74, 6) is 0.560. The number of pyridine rings is 1. The van der Waals surface area contributed by atoms with Crippen LogP contribution in [0.4, 0.5) is 5.69 Å². The highest BCUT2D eigenvalue weighted by Gasteiger charge is 1.99. The van der Waals surface area contributed by atoms with Crippen LogP contribution in [0.3, 0.4) is 0 Å². The Bertz CT molecular complexity index is 470. The van der Waals surface area contributed by atoms with Gasteiger partial charge in [-0.15, -0.1) is 10.2 Å². The molecule has 7 nitrogen and oxygen atoms in total. The molecule has 0 bridgehead atoms. The molecule has 0 saturated carbocycles. The van der Waals surface area contributed by atoms with Crippen LogP contribution in [0.5, 0.6) is 0 Å². The van der Waals surface area contributed by atoms with Crippen LogP contribution in [0.1, 0.15) is 11.5 Å². The van der Waals surface area contributed by atoms with Crippen molar-refractivity contribution in [1.82, 2.24) is 25.6 Å². The molecule has 0 aliphatic rings. The van der Waals surface area contributed by atoms with Crippen molar-refractivity contribution in [2.45, 2.75) is 6.54 Å². The number of tetrazole rings is 1. The van der Waals surface area contributed by atoms with Gasteiger partial charge in [-0.25, -0.2) is 4.98 Å². The molecule has 0 unspecified atom stereocenters. The number of anilines is 1. The highest BCUT2D eigenvalue weighted by atomic mass is 15.5. The smallest absolute Gasteiger partial charge is 0.193 e. The Morgan fingerprint density at radius 1 is 1.53 bits per heavy atom. The van der Waals surface area contributed by atoms with Crippen LogP contribution >= 0.6 is 0 Å². The molecule has 0 aromatic carbocycles. The van der Waals surface area contributed by atoms with Crippen LogP contribution in [-0.4, -0.2) is 25.6 Å². The second kappa shape index (κ2) is 4.15. The van der Waals surface area contributed by atoms with Crippen molar-refractivity contribution in [2.24, 2.45) is 0 Å². The van der Waals surface area contributed by atoms with Crippen molar-refractivity contribution in [1.29, 1.82) is 5.26 Å². The number of hydrogen-bond acceptors (Lipinski definition) is 6. The average molecular weight is 201 g/mol. The third-order valence-electron chi connectivity index (χ3n) is 1.71. The lowest BCUT2D eigenvalue weighted by Gasteiger charge is -2.02. The number of aromatic nitrogens is 5. The van der Waals surface area contributed by atoms with E-state index in [2.05, 4.69) is 30.9 Å². The van der Waals surface area contributed by atoms with E-state index in [1.165, 1.54) is 0 Å². The molecule has 2 rings (SSSR count). The monoisotopic (exact) mass is 201 g/mol. The highest BCUT2D eigenvalue weighted by Crippen LogP contribution is 2.07. The van der Waals surface area contributed by atoms with Crippen LogP contribution in [0.2, 0.25) is 0 Å². The maximum atomic E-state index is 8.63. The number of rotatable bonds is 3. The topological polar surface area (TPSA) is 103 Å². The van der Waals surface area contributed by atoms with E-state index >= 15 is 0 Å². The van der Waals surface area contributed by atoms with Gasteiger partial charge in [-0.1, -0.05) is 5.21 Å². The Balaban J connectivity index is 2.02. The highest BCUT2D eigenvalue weighted by molar-refractivity contribution is 5.45. The molecule has 0 saturated heterocycles. The van der Waals surface area contributed by atoms with Crippen molar-refractivity contribution in [3.63, 3.8) is 0 Å². The molecule has 2 aromatic heterocycles. The van der Waals surface area contributed by atoms with Crippen LogP contribution in [0.15, 0.2) is 18.3 Å². The van der Waals surface area contributed by atoms with Crippen LogP contribution in [0, 0.1) is 11.3 Å². The molecule has 0 spiro atoms. The summed E-state index contributed by atoms with van der Waals surface area (Å²) < 4.78 is 0. The van der Waals surface area contributed by atoms with E-state index in [0.29, 0.717) is 18.1 Å². The third-order valence-corrected chi connectivity index (χ3v) is 1.71. The summed E-state index contributed by atoms with van der Waals surface area (Å²) in [6, 6.07) is 5.38. The van der Waals surface area contributed by atoms with E-state index in [0.717, 1.165) is 5.69 Å². The van der Waals surface area contributed by atoms with Gasteiger partial charge in [-0.05, 0) is 12.1 Å². The molecule has 0 fully saturated rings. The number of nitrogens with zero attached hydrogens (tertiary/aromatic N) is 5. The minimum absolute atomic E-state index is 0.369.